The lowest BCUT2D eigenvalue weighted by Gasteiger charge is -2.14. The molecular formula is C16H23ClN4O3S. The van der Waals surface area contributed by atoms with Gasteiger partial charge in [0.2, 0.25) is 5.91 Å². The monoisotopic (exact) mass is 386 g/mol. The highest BCUT2D eigenvalue weighted by Crippen LogP contribution is 2.14. The molecule has 1 aliphatic heterocycles. The molecule has 1 saturated heterocycles. The molecular weight excluding hydrogens is 364 g/mol. The first-order valence-electron chi connectivity index (χ1n) is 8.07. The molecule has 1 unspecified atom stereocenters. The summed E-state index contributed by atoms with van der Waals surface area (Å²) in [6.45, 7) is 0.916. The Morgan fingerprint density at radius 3 is 2.72 bits per heavy atom. The summed E-state index contributed by atoms with van der Waals surface area (Å²) < 4.78 is 22.8. The first-order chi connectivity index (χ1) is 11.9. The minimum atomic E-state index is -2.99. The number of carbonyl (C=O) groups excluding carboxylic acids is 1. The van der Waals surface area contributed by atoms with Gasteiger partial charge >= 0.3 is 0 Å². The Labute approximate surface area is 153 Å². The van der Waals surface area contributed by atoms with Crippen LogP contribution in [0.5, 0.6) is 0 Å². The summed E-state index contributed by atoms with van der Waals surface area (Å²) in [7, 11) is -1.34. The highest BCUT2D eigenvalue weighted by Gasteiger charge is 2.28. The van der Waals surface area contributed by atoms with Crippen LogP contribution in [0.4, 0.5) is 0 Å². The van der Waals surface area contributed by atoms with Gasteiger partial charge in [0, 0.05) is 37.6 Å². The van der Waals surface area contributed by atoms with E-state index in [-0.39, 0.29) is 29.9 Å². The van der Waals surface area contributed by atoms with Crippen molar-refractivity contribution in [2.45, 2.75) is 25.4 Å². The third-order valence-electron chi connectivity index (χ3n) is 3.87. The Morgan fingerprint density at radius 1 is 1.32 bits per heavy atom. The van der Waals surface area contributed by atoms with Gasteiger partial charge in [0.25, 0.3) is 0 Å². The summed E-state index contributed by atoms with van der Waals surface area (Å²) in [5.74, 6) is 0.578. The predicted octanol–water partition coefficient (Wildman–Crippen LogP) is 0.698. The number of hydrogen-bond donors (Lipinski definition) is 3. The van der Waals surface area contributed by atoms with Gasteiger partial charge in [-0.15, -0.1) is 0 Å². The Bertz CT molecular complexity index is 737. The third-order valence-corrected chi connectivity index (χ3v) is 6.01. The Balaban J connectivity index is 1.69. The van der Waals surface area contributed by atoms with Gasteiger partial charge in [0.05, 0.1) is 11.5 Å². The van der Waals surface area contributed by atoms with Crippen LogP contribution in [-0.4, -0.2) is 51.4 Å². The summed E-state index contributed by atoms with van der Waals surface area (Å²) in [6.07, 6.45) is 0.728. The van der Waals surface area contributed by atoms with Crippen LogP contribution in [0.3, 0.4) is 0 Å². The third kappa shape index (κ3) is 6.55. The molecule has 1 aromatic rings. The molecule has 1 heterocycles. The number of benzene rings is 1. The average molecular weight is 387 g/mol. The molecule has 0 saturated carbocycles. The number of nitrogens with zero attached hydrogens (tertiary/aromatic N) is 1. The fourth-order valence-electron chi connectivity index (χ4n) is 2.54. The maximum atomic E-state index is 11.9. The van der Waals surface area contributed by atoms with Gasteiger partial charge in [-0.05, 0) is 18.1 Å². The van der Waals surface area contributed by atoms with Gasteiger partial charge < -0.3 is 16.0 Å². The fraction of sp³-hybridized carbons (Fsp3) is 0.500. The molecule has 1 aliphatic rings. The molecule has 138 valence electrons. The number of carbonyl (C=O) groups is 1. The van der Waals surface area contributed by atoms with E-state index in [0.29, 0.717) is 30.5 Å². The first kappa shape index (κ1) is 19.5. The van der Waals surface area contributed by atoms with Crippen LogP contribution in [0, 0.1) is 0 Å². The maximum absolute atomic E-state index is 11.9. The second-order valence-corrected chi connectivity index (χ2v) is 8.50. The van der Waals surface area contributed by atoms with E-state index in [1.165, 1.54) is 0 Å². The zero-order chi connectivity index (χ0) is 18.3. The largest absolute Gasteiger partial charge is 0.356 e. The lowest BCUT2D eigenvalue weighted by molar-refractivity contribution is -0.121. The van der Waals surface area contributed by atoms with Crippen molar-refractivity contribution in [3.63, 3.8) is 0 Å². The van der Waals surface area contributed by atoms with Crippen molar-refractivity contribution < 1.29 is 13.2 Å². The van der Waals surface area contributed by atoms with E-state index in [1.807, 2.05) is 24.3 Å². The van der Waals surface area contributed by atoms with E-state index in [2.05, 4.69) is 20.9 Å². The Morgan fingerprint density at radius 2 is 2.08 bits per heavy atom. The molecule has 9 heteroatoms. The summed E-state index contributed by atoms with van der Waals surface area (Å²) in [6, 6.07) is 7.25. The molecule has 1 amide bonds. The molecule has 7 nitrogen and oxygen atoms in total. The van der Waals surface area contributed by atoms with Crippen molar-refractivity contribution in [2.24, 2.45) is 4.99 Å². The van der Waals surface area contributed by atoms with Crippen LogP contribution in [0.15, 0.2) is 29.3 Å². The lowest BCUT2D eigenvalue weighted by Crippen LogP contribution is -2.41. The number of rotatable bonds is 6. The zero-order valence-corrected chi connectivity index (χ0v) is 15.7. The molecule has 1 atom stereocenters. The standard InChI is InChI=1S/C16H23ClN4O3S/c1-18-16(20-10-12-4-2-3-5-14(12)17)19-8-6-15(22)21-13-7-9-25(23,24)11-13/h2-5,13H,6-11H2,1H3,(H,21,22)(H2,18,19,20). The SMILES string of the molecule is CN=C(NCCC(=O)NC1CCS(=O)(=O)C1)NCc1ccccc1Cl. The Hall–Kier alpha value is -1.80. The second-order valence-electron chi connectivity index (χ2n) is 5.86. The topological polar surface area (TPSA) is 99.7 Å². The normalized spacial score (nSPS) is 19.4. The van der Waals surface area contributed by atoms with Crippen molar-refractivity contribution in [1.29, 1.82) is 0 Å². The van der Waals surface area contributed by atoms with E-state index >= 15 is 0 Å². The van der Waals surface area contributed by atoms with Crippen molar-refractivity contribution in [2.75, 3.05) is 25.1 Å². The zero-order valence-electron chi connectivity index (χ0n) is 14.1. The maximum Gasteiger partial charge on any atom is 0.222 e. The van der Waals surface area contributed by atoms with Crippen LogP contribution >= 0.6 is 11.6 Å². The van der Waals surface area contributed by atoms with Gasteiger partial charge in [-0.25, -0.2) is 8.42 Å². The minimum absolute atomic E-state index is 0.0349. The molecule has 1 aromatic carbocycles. The van der Waals surface area contributed by atoms with Crippen LogP contribution < -0.4 is 16.0 Å². The number of amides is 1. The van der Waals surface area contributed by atoms with Crippen molar-refractivity contribution >= 4 is 33.3 Å². The van der Waals surface area contributed by atoms with Gasteiger partial charge in [-0.3, -0.25) is 9.79 Å². The quantitative estimate of drug-likeness (QED) is 0.493. The van der Waals surface area contributed by atoms with Crippen LogP contribution in [0.25, 0.3) is 0 Å². The number of guanidine groups is 1. The van der Waals surface area contributed by atoms with Crippen LogP contribution in [0.1, 0.15) is 18.4 Å². The summed E-state index contributed by atoms with van der Waals surface area (Å²) >= 11 is 6.10. The molecule has 25 heavy (non-hydrogen) atoms. The molecule has 2 rings (SSSR count). The van der Waals surface area contributed by atoms with E-state index < -0.39 is 9.84 Å². The van der Waals surface area contributed by atoms with E-state index in [9.17, 15) is 13.2 Å². The molecule has 0 radical (unpaired) electrons. The molecule has 0 aliphatic carbocycles. The van der Waals surface area contributed by atoms with Crippen molar-refractivity contribution in [3.05, 3.63) is 34.9 Å². The number of nitrogens with one attached hydrogen (secondary N) is 3. The summed E-state index contributed by atoms with van der Waals surface area (Å²) in [5, 5.41) is 9.61. The van der Waals surface area contributed by atoms with Crippen LogP contribution in [-0.2, 0) is 21.2 Å². The first-order valence-corrected chi connectivity index (χ1v) is 10.3. The number of hydrogen-bond acceptors (Lipinski definition) is 4. The van der Waals surface area contributed by atoms with Gasteiger partial charge in [0.15, 0.2) is 15.8 Å². The molecule has 0 spiro atoms. The van der Waals surface area contributed by atoms with Crippen LogP contribution in [0.2, 0.25) is 5.02 Å². The minimum Gasteiger partial charge on any atom is -0.356 e. The van der Waals surface area contributed by atoms with Gasteiger partial charge in [0.1, 0.15) is 0 Å². The van der Waals surface area contributed by atoms with Crippen molar-refractivity contribution in [3.8, 4) is 0 Å². The summed E-state index contributed by atoms with van der Waals surface area (Å²) in [5.41, 5.74) is 0.951. The molecule has 0 aromatic heterocycles. The van der Waals surface area contributed by atoms with Crippen molar-refractivity contribution in [1.82, 2.24) is 16.0 Å². The second kappa shape index (κ2) is 9.05. The highest BCUT2D eigenvalue weighted by atomic mass is 35.5. The van der Waals surface area contributed by atoms with Gasteiger partial charge in [-0.1, -0.05) is 29.8 Å². The smallest absolute Gasteiger partial charge is 0.222 e. The highest BCUT2D eigenvalue weighted by molar-refractivity contribution is 7.91. The molecule has 0 bridgehead atoms. The van der Waals surface area contributed by atoms with E-state index in [0.717, 1.165) is 5.56 Å². The van der Waals surface area contributed by atoms with E-state index in [4.69, 9.17) is 11.6 Å². The summed E-state index contributed by atoms with van der Waals surface area (Å²) in [4.78, 5) is 16.0. The molecule has 3 N–H and O–H groups in total. The fourth-order valence-corrected chi connectivity index (χ4v) is 4.42. The number of halogens is 1. The number of sulfone groups is 1. The van der Waals surface area contributed by atoms with E-state index in [1.54, 1.807) is 7.05 Å². The lowest BCUT2D eigenvalue weighted by atomic mass is 10.2. The van der Waals surface area contributed by atoms with Gasteiger partial charge in [-0.2, -0.15) is 0 Å². The average Bonchev–Trinajstić information content (AvgIpc) is 2.90. The Kier molecular flexibility index (Phi) is 7.07. The number of aliphatic imine (C=N–C) groups is 1. The molecule has 1 fully saturated rings. The predicted molar refractivity (Wildman–Crippen MR) is 99.5 cm³/mol.